The third-order valence-electron chi connectivity index (χ3n) is 3.41. The Kier molecular flexibility index (Phi) is 2.78. The molecule has 19 heavy (non-hydrogen) atoms. The van der Waals surface area contributed by atoms with Gasteiger partial charge in [-0.15, -0.1) is 0 Å². The fourth-order valence-electron chi connectivity index (χ4n) is 2.36. The molecular weight excluding hydrogens is 247 g/mol. The van der Waals surface area contributed by atoms with Gasteiger partial charge in [0.25, 0.3) is 0 Å². The topological polar surface area (TPSA) is 49.7 Å². The molecule has 2 N–H and O–H groups in total. The van der Waals surface area contributed by atoms with Gasteiger partial charge in [0.2, 0.25) is 0 Å². The van der Waals surface area contributed by atoms with Crippen LogP contribution in [0.15, 0.2) is 36.4 Å². The summed E-state index contributed by atoms with van der Waals surface area (Å²) in [6, 6.07) is 9.29. The zero-order chi connectivity index (χ0) is 13.4. The maximum absolute atomic E-state index is 12.9. The summed E-state index contributed by atoms with van der Waals surface area (Å²) in [5.41, 5.74) is 1.84. The minimum atomic E-state index is -0.261. The van der Waals surface area contributed by atoms with Crippen molar-refractivity contribution in [3.05, 3.63) is 53.3 Å². The number of fused-ring (bicyclic) bond motifs is 1. The molecule has 1 atom stereocenters. The minimum Gasteiger partial charge on any atom is -0.504 e. The van der Waals surface area contributed by atoms with Crippen LogP contribution in [0.5, 0.6) is 17.2 Å². The standard InChI is InChI=1S/C15H13FO3/c16-12-3-1-9(2-4-12)11-5-10-6-13(17)14(18)7-15(10)19-8-11/h1-4,6-7,11,17-18H,5,8H2. The van der Waals surface area contributed by atoms with Gasteiger partial charge in [-0.1, -0.05) is 12.1 Å². The molecule has 1 aliphatic heterocycles. The van der Waals surface area contributed by atoms with Gasteiger partial charge >= 0.3 is 0 Å². The van der Waals surface area contributed by atoms with Crippen molar-refractivity contribution in [2.75, 3.05) is 6.61 Å². The van der Waals surface area contributed by atoms with E-state index in [0.717, 1.165) is 11.1 Å². The maximum Gasteiger partial charge on any atom is 0.161 e. The summed E-state index contributed by atoms with van der Waals surface area (Å²) in [5.74, 6) is 0.121. The van der Waals surface area contributed by atoms with Crippen molar-refractivity contribution in [3.63, 3.8) is 0 Å². The molecule has 1 aliphatic rings. The van der Waals surface area contributed by atoms with Crippen LogP contribution < -0.4 is 4.74 Å². The van der Waals surface area contributed by atoms with E-state index in [2.05, 4.69) is 0 Å². The number of benzene rings is 2. The van der Waals surface area contributed by atoms with Gasteiger partial charge in [-0.2, -0.15) is 0 Å². The second-order valence-corrected chi connectivity index (χ2v) is 4.71. The normalized spacial score (nSPS) is 17.6. The number of hydrogen-bond acceptors (Lipinski definition) is 3. The minimum absolute atomic E-state index is 0.122. The lowest BCUT2D eigenvalue weighted by Gasteiger charge is -2.26. The average molecular weight is 260 g/mol. The van der Waals surface area contributed by atoms with E-state index < -0.39 is 0 Å². The summed E-state index contributed by atoms with van der Waals surface area (Å²) in [6.07, 6.45) is 0.689. The monoisotopic (exact) mass is 260 g/mol. The van der Waals surface area contributed by atoms with Gasteiger partial charge in [-0.25, -0.2) is 4.39 Å². The van der Waals surface area contributed by atoms with Crippen molar-refractivity contribution < 1.29 is 19.3 Å². The van der Waals surface area contributed by atoms with Gasteiger partial charge < -0.3 is 14.9 Å². The molecule has 0 radical (unpaired) electrons. The predicted octanol–water partition coefficient (Wildman–Crippen LogP) is 2.96. The van der Waals surface area contributed by atoms with Crippen LogP contribution >= 0.6 is 0 Å². The number of aromatic hydroxyl groups is 2. The molecular formula is C15H13FO3. The molecule has 1 heterocycles. The van der Waals surface area contributed by atoms with Crippen LogP contribution in [0.2, 0.25) is 0 Å². The summed E-state index contributed by atoms with van der Waals surface area (Å²) in [7, 11) is 0. The van der Waals surface area contributed by atoms with Crippen molar-refractivity contribution >= 4 is 0 Å². The predicted molar refractivity (Wildman–Crippen MR) is 68.1 cm³/mol. The Morgan fingerprint density at radius 3 is 2.47 bits per heavy atom. The van der Waals surface area contributed by atoms with E-state index in [1.165, 1.54) is 24.3 Å². The van der Waals surface area contributed by atoms with Crippen molar-refractivity contribution in [2.24, 2.45) is 0 Å². The van der Waals surface area contributed by atoms with E-state index >= 15 is 0 Å². The lowest BCUT2D eigenvalue weighted by molar-refractivity contribution is 0.259. The Morgan fingerprint density at radius 2 is 1.74 bits per heavy atom. The molecule has 98 valence electrons. The highest BCUT2D eigenvalue weighted by Crippen LogP contribution is 2.38. The summed E-state index contributed by atoms with van der Waals surface area (Å²) in [5, 5.41) is 18.9. The van der Waals surface area contributed by atoms with Crippen LogP contribution in [-0.2, 0) is 6.42 Å². The van der Waals surface area contributed by atoms with Crippen LogP contribution in [0.4, 0.5) is 4.39 Å². The number of phenolic OH excluding ortho intramolecular Hbond substituents is 2. The first-order valence-electron chi connectivity index (χ1n) is 6.06. The maximum atomic E-state index is 12.9. The summed E-state index contributed by atoms with van der Waals surface area (Å²) in [4.78, 5) is 0. The van der Waals surface area contributed by atoms with Crippen molar-refractivity contribution in [2.45, 2.75) is 12.3 Å². The quantitative estimate of drug-likeness (QED) is 0.775. The lowest BCUT2D eigenvalue weighted by Crippen LogP contribution is -2.19. The van der Waals surface area contributed by atoms with Gasteiger partial charge in [0, 0.05) is 12.0 Å². The third-order valence-corrected chi connectivity index (χ3v) is 3.41. The van der Waals surface area contributed by atoms with Gasteiger partial charge in [0.15, 0.2) is 11.5 Å². The van der Waals surface area contributed by atoms with Crippen LogP contribution in [0.1, 0.15) is 17.0 Å². The molecule has 0 aliphatic carbocycles. The molecule has 3 rings (SSSR count). The van der Waals surface area contributed by atoms with Crippen LogP contribution in [0, 0.1) is 5.82 Å². The zero-order valence-corrected chi connectivity index (χ0v) is 10.1. The first-order chi connectivity index (χ1) is 9.13. The van der Waals surface area contributed by atoms with Crippen molar-refractivity contribution in [1.82, 2.24) is 0 Å². The fourth-order valence-corrected chi connectivity index (χ4v) is 2.36. The fraction of sp³-hybridized carbons (Fsp3) is 0.200. The van der Waals surface area contributed by atoms with E-state index in [1.807, 2.05) is 0 Å². The number of hydrogen-bond donors (Lipinski definition) is 2. The van der Waals surface area contributed by atoms with Crippen LogP contribution in [-0.4, -0.2) is 16.8 Å². The molecule has 0 amide bonds. The van der Waals surface area contributed by atoms with Gasteiger partial charge in [0.05, 0.1) is 6.61 Å². The van der Waals surface area contributed by atoms with Gasteiger partial charge in [-0.05, 0) is 35.7 Å². The largest absolute Gasteiger partial charge is 0.504 e. The molecule has 1 unspecified atom stereocenters. The molecule has 0 saturated heterocycles. The highest BCUT2D eigenvalue weighted by molar-refractivity contribution is 5.50. The lowest BCUT2D eigenvalue weighted by atomic mass is 9.90. The number of phenols is 2. The van der Waals surface area contributed by atoms with Gasteiger partial charge in [0.1, 0.15) is 11.6 Å². The SMILES string of the molecule is Oc1cc2c(cc1O)OCC(c1ccc(F)cc1)C2. The van der Waals surface area contributed by atoms with E-state index in [1.54, 1.807) is 12.1 Å². The first-order valence-corrected chi connectivity index (χ1v) is 6.06. The van der Waals surface area contributed by atoms with E-state index in [0.29, 0.717) is 18.8 Å². The molecule has 3 nitrogen and oxygen atoms in total. The highest BCUT2D eigenvalue weighted by Gasteiger charge is 2.23. The molecule has 2 aromatic rings. The molecule has 0 spiro atoms. The number of halogens is 1. The summed E-state index contributed by atoms with van der Waals surface area (Å²) < 4.78 is 18.5. The van der Waals surface area contributed by atoms with Crippen LogP contribution in [0.25, 0.3) is 0 Å². The Labute approximate surface area is 109 Å². The third kappa shape index (κ3) is 2.21. The first kappa shape index (κ1) is 11.8. The van der Waals surface area contributed by atoms with E-state index in [9.17, 15) is 14.6 Å². The summed E-state index contributed by atoms with van der Waals surface area (Å²) in [6.45, 7) is 0.475. The zero-order valence-electron chi connectivity index (χ0n) is 10.1. The Balaban J connectivity index is 1.89. The highest BCUT2D eigenvalue weighted by atomic mass is 19.1. The second kappa shape index (κ2) is 4.46. The van der Waals surface area contributed by atoms with Crippen molar-refractivity contribution in [3.8, 4) is 17.2 Å². The number of ether oxygens (including phenoxy) is 1. The molecule has 0 fully saturated rings. The molecule has 2 aromatic carbocycles. The molecule has 0 aromatic heterocycles. The average Bonchev–Trinajstić information content (AvgIpc) is 2.40. The Morgan fingerprint density at radius 1 is 1.05 bits per heavy atom. The second-order valence-electron chi connectivity index (χ2n) is 4.71. The molecule has 4 heteroatoms. The Hall–Kier alpha value is -2.23. The van der Waals surface area contributed by atoms with E-state index in [-0.39, 0.29) is 23.2 Å². The molecule has 0 bridgehead atoms. The van der Waals surface area contributed by atoms with Crippen molar-refractivity contribution in [1.29, 1.82) is 0 Å². The van der Waals surface area contributed by atoms with E-state index in [4.69, 9.17) is 4.74 Å². The Bertz CT molecular complexity index is 608. The smallest absolute Gasteiger partial charge is 0.161 e. The molecule has 0 saturated carbocycles. The summed E-state index contributed by atoms with van der Waals surface area (Å²) >= 11 is 0. The van der Waals surface area contributed by atoms with Crippen LogP contribution in [0.3, 0.4) is 0 Å². The number of rotatable bonds is 1. The van der Waals surface area contributed by atoms with Gasteiger partial charge in [-0.3, -0.25) is 0 Å².